The van der Waals surface area contributed by atoms with Gasteiger partial charge in [0.1, 0.15) is 12.6 Å². The monoisotopic (exact) mass is 414 g/mol. The predicted octanol–water partition coefficient (Wildman–Crippen LogP) is 2.06. The highest BCUT2D eigenvalue weighted by molar-refractivity contribution is 6.30. The number of halogens is 1. The molecule has 0 saturated heterocycles. The van der Waals surface area contributed by atoms with E-state index in [4.69, 9.17) is 21.4 Å². The average molecular weight is 415 g/mol. The Kier molecular flexibility index (Phi) is 6.64. The van der Waals surface area contributed by atoms with Crippen molar-refractivity contribution in [1.82, 2.24) is 10.3 Å². The van der Waals surface area contributed by atoms with Gasteiger partial charge in [-0.25, -0.2) is 4.79 Å². The molecular weight excluding hydrogens is 396 g/mol. The number of rotatable bonds is 7. The Morgan fingerprint density at radius 1 is 1.14 bits per heavy atom. The molecule has 0 bridgehead atoms. The largest absolute Gasteiger partial charge is 0.462 e. The van der Waals surface area contributed by atoms with Gasteiger partial charge >= 0.3 is 5.97 Å². The van der Waals surface area contributed by atoms with Crippen LogP contribution in [0.25, 0.3) is 10.9 Å². The van der Waals surface area contributed by atoms with Crippen molar-refractivity contribution in [2.45, 2.75) is 12.5 Å². The number of amides is 1. The van der Waals surface area contributed by atoms with Crippen LogP contribution in [0.4, 0.5) is 0 Å². The molecule has 1 aromatic heterocycles. The molecule has 0 saturated carbocycles. The van der Waals surface area contributed by atoms with Crippen molar-refractivity contribution >= 4 is 34.4 Å². The van der Waals surface area contributed by atoms with Crippen molar-refractivity contribution in [3.8, 4) is 0 Å². The molecule has 1 atom stereocenters. The van der Waals surface area contributed by atoms with Crippen molar-refractivity contribution in [3.63, 3.8) is 0 Å². The highest BCUT2D eigenvalue weighted by Gasteiger charge is 2.24. The lowest BCUT2D eigenvalue weighted by Crippen LogP contribution is -2.43. The first-order valence-electron chi connectivity index (χ1n) is 8.93. The number of para-hydroxylation sites is 1. The normalized spacial score (nSPS) is 11.8. The van der Waals surface area contributed by atoms with Gasteiger partial charge in [-0.05, 0) is 35.9 Å². The van der Waals surface area contributed by atoms with Crippen molar-refractivity contribution in [2.75, 3.05) is 13.2 Å². The van der Waals surface area contributed by atoms with E-state index >= 15 is 0 Å². The van der Waals surface area contributed by atoms with Crippen LogP contribution in [0, 0.1) is 0 Å². The number of carbonyl (C=O) groups excluding carboxylic acids is 2. The zero-order valence-corrected chi connectivity index (χ0v) is 16.1. The first-order valence-corrected chi connectivity index (χ1v) is 9.30. The molecule has 150 valence electrons. The van der Waals surface area contributed by atoms with E-state index < -0.39 is 17.9 Å². The van der Waals surface area contributed by atoms with E-state index in [2.05, 4.69) is 10.3 Å². The van der Waals surface area contributed by atoms with E-state index in [1.54, 1.807) is 24.3 Å². The summed E-state index contributed by atoms with van der Waals surface area (Å²) < 4.78 is 5.01. The van der Waals surface area contributed by atoms with Crippen LogP contribution in [0.5, 0.6) is 0 Å². The van der Waals surface area contributed by atoms with Crippen LogP contribution in [0.15, 0.2) is 59.4 Å². The van der Waals surface area contributed by atoms with E-state index in [1.165, 1.54) is 18.2 Å². The average Bonchev–Trinajstić information content (AvgIpc) is 2.71. The third kappa shape index (κ3) is 5.22. The van der Waals surface area contributed by atoms with Gasteiger partial charge in [-0.3, -0.25) is 9.59 Å². The maximum absolute atomic E-state index is 12.6. The Hall–Kier alpha value is -3.16. The Labute approximate surface area is 171 Å². The van der Waals surface area contributed by atoms with Crippen LogP contribution in [-0.2, 0) is 16.0 Å². The minimum absolute atomic E-state index is 0.0496. The summed E-state index contributed by atoms with van der Waals surface area (Å²) in [5.74, 6) is -1.19. The van der Waals surface area contributed by atoms with E-state index in [0.717, 1.165) is 5.39 Å². The third-order valence-corrected chi connectivity index (χ3v) is 4.54. The second kappa shape index (κ2) is 9.36. The van der Waals surface area contributed by atoms with Gasteiger partial charge in [0.05, 0.1) is 6.61 Å². The van der Waals surface area contributed by atoms with Crippen LogP contribution in [-0.4, -0.2) is 41.2 Å². The molecule has 0 aliphatic carbocycles. The lowest BCUT2D eigenvalue weighted by Gasteiger charge is -2.18. The van der Waals surface area contributed by atoms with Crippen LogP contribution >= 0.6 is 11.6 Å². The molecule has 3 N–H and O–H groups in total. The van der Waals surface area contributed by atoms with Gasteiger partial charge in [0.2, 0.25) is 5.56 Å². The van der Waals surface area contributed by atoms with Gasteiger partial charge in [0.15, 0.2) is 0 Å². The zero-order valence-electron chi connectivity index (χ0n) is 15.4. The van der Waals surface area contributed by atoms with Crippen molar-refractivity contribution in [3.05, 3.63) is 81.1 Å². The number of aliphatic hydroxyl groups is 1. The molecule has 3 aromatic rings. The van der Waals surface area contributed by atoms with E-state index in [0.29, 0.717) is 21.7 Å². The fraction of sp³-hybridized carbons (Fsp3) is 0.190. The molecule has 1 heterocycles. The molecule has 2 aromatic carbocycles. The standard InChI is InChI=1S/C21H19ClN2O5/c22-15-7-5-13(6-8-15)20(27)24-18(21(28)29-10-9-25)11-14-12-19(26)23-17-4-2-1-3-16(14)17/h1-8,12,18,25H,9-11H2,(H,23,26)(H,24,27). The van der Waals surface area contributed by atoms with E-state index in [-0.39, 0.29) is 25.2 Å². The Morgan fingerprint density at radius 3 is 2.59 bits per heavy atom. The summed E-state index contributed by atoms with van der Waals surface area (Å²) >= 11 is 5.85. The number of hydrogen-bond donors (Lipinski definition) is 3. The van der Waals surface area contributed by atoms with Gasteiger partial charge in [0.25, 0.3) is 5.91 Å². The fourth-order valence-corrected chi connectivity index (χ4v) is 3.07. The van der Waals surface area contributed by atoms with Crippen LogP contribution in [0.1, 0.15) is 15.9 Å². The molecule has 3 rings (SSSR count). The summed E-state index contributed by atoms with van der Waals surface area (Å²) in [5.41, 5.74) is 1.23. The number of aromatic nitrogens is 1. The number of esters is 1. The highest BCUT2D eigenvalue weighted by Crippen LogP contribution is 2.17. The Bertz CT molecular complexity index is 1080. The molecule has 1 unspecified atom stereocenters. The van der Waals surface area contributed by atoms with Gasteiger partial charge in [-0.15, -0.1) is 0 Å². The minimum atomic E-state index is -1.05. The number of aromatic amines is 1. The summed E-state index contributed by atoms with van der Waals surface area (Å²) in [6.07, 6.45) is 0.0496. The van der Waals surface area contributed by atoms with Gasteiger partial charge in [-0.1, -0.05) is 29.8 Å². The zero-order chi connectivity index (χ0) is 20.8. The van der Waals surface area contributed by atoms with Gasteiger partial charge < -0.3 is 20.1 Å². The van der Waals surface area contributed by atoms with Crippen LogP contribution < -0.4 is 10.9 Å². The molecule has 1 amide bonds. The SMILES string of the molecule is O=C(NC(Cc1cc(=O)[nH]c2ccccc12)C(=O)OCCO)c1ccc(Cl)cc1. The molecule has 0 aliphatic heterocycles. The summed E-state index contributed by atoms with van der Waals surface area (Å²) in [6.45, 7) is -0.528. The number of fused-ring (bicyclic) bond motifs is 1. The number of H-pyrrole nitrogens is 1. The smallest absolute Gasteiger partial charge is 0.329 e. The highest BCUT2D eigenvalue weighted by atomic mass is 35.5. The first kappa shape index (κ1) is 20.6. The number of nitrogens with one attached hydrogen (secondary N) is 2. The van der Waals surface area contributed by atoms with Crippen LogP contribution in [0.2, 0.25) is 5.02 Å². The molecule has 7 nitrogen and oxygen atoms in total. The fourth-order valence-electron chi connectivity index (χ4n) is 2.95. The Morgan fingerprint density at radius 2 is 1.86 bits per heavy atom. The van der Waals surface area contributed by atoms with Crippen molar-refractivity contribution in [2.24, 2.45) is 0 Å². The lowest BCUT2D eigenvalue weighted by molar-refractivity contribution is -0.146. The summed E-state index contributed by atoms with van der Waals surface area (Å²) in [4.78, 5) is 39.8. The molecule has 8 heteroatoms. The number of aliphatic hydroxyl groups excluding tert-OH is 1. The quantitative estimate of drug-likeness (QED) is 0.513. The topological polar surface area (TPSA) is 108 Å². The second-order valence-electron chi connectivity index (χ2n) is 6.33. The summed E-state index contributed by atoms with van der Waals surface area (Å²) in [5, 5.41) is 12.8. The van der Waals surface area contributed by atoms with Crippen molar-refractivity contribution < 1.29 is 19.4 Å². The number of ether oxygens (including phenoxy) is 1. The predicted molar refractivity (Wildman–Crippen MR) is 109 cm³/mol. The van der Waals surface area contributed by atoms with Gasteiger partial charge in [0, 0.05) is 34.0 Å². The molecule has 0 aliphatic rings. The lowest BCUT2D eigenvalue weighted by atomic mass is 10.0. The molecule has 29 heavy (non-hydrogen) atoms. The minimum Gasteiger partial charge on any atom is -0.462 e. The number of pyridine rings is 1. The van der Waals surface area contributed by atoms with Gasteiger partial charge in [-0.2, -0.15) is 0 Å². The maximum atomic E-state index is 12.6. The molecule has 0 fully saturated rings. The van der Waals surface area contributed by atoms with Crippen molar-refractivity contribution in [1.29, 1.82) is 0 Å². The molecule has 0 spiro atoms. The Balaban J connectivity index is 1.90. The maximum Gasteiger partial charge on any atom is 0.329 e. The molecule has 0 radical (unpaired) electrons. The number of carbonyl (C=O) groups is 2. The summed E-state index contributed by atoms with van der Waals surface area (Å²) in [7, 11) is 0. The van der Waals surface area contributed by atoms with E-state index in [1.807, 2.05) is 12.1 Å². The molecular formula is C21H19ClN2O5. The number of hydrogen-bond acceptors (Lipinski definition) is 5. The third-order valence-electron chi connectivity index (χ3n) is 4.29. The first-order chi connectivity index (χ1) is 14.0. The summed E-state index contributed by atoms with van der Waals surface area (Å²) in [6, 6.07) is 13.7. The number of benzene rings is 2. The van der Waals surface area contributed by atoms with Crippen LogP contribution in [0.3, 0.4) is 0 Å². The van der Waals surface area contributed by atoms with E-state index in [9.17, 15) is 14.4 Å². The second-order valence-corrected chi connectivity index (χ2v) is 6.77.